The van der Waals surface area contributed by atoms with Crippen LogP contribution in [0.4, 0.5) is 5.69 Å². The van der Waals surface area contributed by atoms with Gasteiger partial charge in [-0.3, -0.25) is 4.72 Å². The van der Waals surface area contributed by atoms with Crippen molar-refractivity contribution < 1.29 is 8.42 Å². The van der Waals surface area contributed by atoms with E-state index in [0.29, 0.717) is 16.7 Å². The van der Waals surface area contributed by atoms with E-state index in [9.17, 15) is 8.42 Å². The highest BCUT2D eigenvalue weighted by molar-refractivity contribution is 7.90. The summed E-state index contributed by atoms with van der Waals surface area (Å²) in [4.78, 5) is 0. The zero-order chi connectivity index (χ0) is 11.8. The van der Waals surface area contributed by atoms with E-state index >= 15 is 0 Å². The summed E-state index contributed by atoms with van der Waals surface area (Å²) >= 11 is 0. The highest BCUT2D eigenvalue weighted by Crippen LogP contribution is 2.20. The first-order chi connectivity index (χ1) is 7.50. The molecule has 8 heteroatoms. The summed E-state index contributed by atoms with van der Waals surface area (Å²) in [6.07, 6.45) is 0. The largest absolute Gasteiger partial charge is 0.301 e. The highest BCUT2D eigenvalue weighted by atomic mass is 32.2. The van der Waals surface area contributed by atoms with Gasteiger partial charge >= 0.3 is 10.2 Å². The summed E-state index contributed by atoms with van der Waals surface area (Å²) < 4.78 is 26.8. The molecule has 0 atom stereocenters. The van der Waals surface area contributed by atoms with Gasteiger partial charge in [0.1, 0.15) is 11.0 Å². The van der Waals surface area contributed by atoms with Crippen LogP contribution in [0.15, 0.2) is 18.2 Å². The maximum absolute atomic E-state index is 11.6. The zero-order valence-electron chi connectivity index (χ0n) is 8.80. The minimum Gasteiger partial charge on any atom is -0.269 e. The van der Waals surface area contributed by atoms with Gasteiger partial charge < -0.3 is 0 Å². The molecule has 2 rings (SSSR count). The van der Waals surface area contributed by atoms with Crippen LogP contribution < -0.4 is 4.72 Å². The number of para-hydroxylation sites is 1. The Kier molecular flexibility index (Phi) is 2.52. The van der Waals surface area contributed by atoms with Crippen LogP contribution in [0.25, 0.3) is 11.0 Å². The minimum absolute atomic E-state index is 0.403. The van der Waals surface area contributed by atoms with Crippen LogP contribution >= 0.6 is 0 Å². The van der Waals surface area contributed by atoms with E-state index < -0.39 is 10.2 Å². The molecular formula is C8H11N5O2S. The van der Waals surface area contributed by atoms with Gasteiger partial charge in [0.05, 0.1) is 5.69 Å². The van der Waals surface area contributed by atoms with Gasteiger partial charge in [0.2, 0.25) is 0 Å². The summed E-state index contributed by atoms with van der Waals surface area (Å²) in [5.74, 6) is 0. The second-order valence-corrected chi connectivity index (χ2v) is 5.27. The molecule has 0 aliphatic carbocycles. The predicted molar refractivity (Wildman–Crippen MR) is 60.1 cm³/mol. The molecule has 0 amide bonds. The first-order valence-corrected chi connectivity index (χ1v) is 5.94. The molecule has 86 valence electrons. The molecule has 16 heavy (non-hydrogen) atoms. The SMILES string of the molecule is CN(C)S(=O)(=O)Nc1cccc2n[nH]nc12. The fourth-order valence-electron chi connectivity index (χ4n) is 1.18. The second-order valence-electron chi connectivity index (χ2n) is 3.39. The number of nitrogens with zero attached hydrogens (tertiary/aromatic N) is 3. The average Bonchev–Trinajstić information content (AvgIpc) is 2.65. The van der Waals surface area contributed by atoms with Crippen LogP contribution in [0.3, 0.4) is 0 Å². The summed E-state index contributed by atoms with van der Waals surface area (Å²) in [6, 6.07) is 5.08. The van der Waals surface area contributed by atoms with Gasteiger partial charge in [-0.2, -0.15) is 28.1 Å². The number of aromatic amines is 1. The molecule has 0 bridgehead atoms. The number of fused-ring (bicyclic) bond motifs is 1. The Labute approximate surface area is 92.6 Å². The molecule has 2 aromatic rings. The Balaban J connectivity index is 2.46. The lowest BCUT2D eigenvalue weighted by atomic mass is 10.3. The van der Waals surface area contributed by atoms with Crippen LogP contribution in [-0.4, -0.2) is 42.2 Å². The predicted octanol–water partition coefficient (Wildman–Crippen LogP) is 0.176. The van der Waals surface area contributed by atoms with Crippen LogP contribution in [0, 0.1) is 0 Å². The third-order valence-corrected chi connectivity index (χ3v) is 3.51. The molecule has 0 saturated carbocycles. The van der Waals surface area contributed by atoms with Crippen molar-refractivity contribution in [3.63, 3.8) is 0 Å². The van der Waals surface area contributed by atoms with Crippen molar-refractivity contribution >= 4 is 26.9 Å². The van der Waals surface area contributed by atoms with Gasteiger partial charge in [0.15, 0.2) is 0 Å². The van der Waals surface area contributed by atoms with Gasteiger partial charge in [0.25, 0.3) is 0 Å². The average molecular weight is 241 g/mol. The molecule has 1 aromatic carbocycles. The standard InChI is InChI=1S/C8H11N5O2S/c1-13(2)16(14,15)11-7-5-3-4-6-8(7)10-12-9-6/h3-5,11H,1-2H3,(H,9,10,12). The smallest absolute Gasteiger partial charge is 0.269 e. The van der Waals surface area contributed by atoms with Crippen molar-refractivity contribution in [2.75, 3.05) is 18.8 Å². The molecule has 2 N–H and O–H groups in total. The highest BCUT2D eigenvalue weighted by Gasteiger charge is 2.15. The molecule has 0 saturated heterocycles. The Bertz CT molecular complexity index is 604. The number of rotatable bonds is 3. The van der Waals surface area contributed by atoms with E-state index in [1.807, 2.05) is 0 Å². The lowest BCUT2D eigenvalue weighted by molar-refractivity contribution is 0.527. The van der Waals surface area contributed by atoms with Crippen LogP contribution in [0.1, 0.15) is 0 Å². The second kappa shape index (κ2) is 3.72. The lowest BCUT2D eigenvalue weighted by Gasteiger charge is -2.13. The molecule has 0 radical (unpaired) electrons. The summed E-state index contributed by atoms with van der Waals surface area (Å²) in [7, 11) is -0.620. The van der Waals surface area contributed by atoms with E-state index in [1.165, 1.54) is 14.1 Å². The molecule has 7 nitrogen and oxygen atoms in total. The van der Waals surface area contributed by atoms with Crippen molar-refractivity contribution in [1.29, 1.82) is 0 Å². The zero-order valence-corrected chi connectivity index (χ0v) is 9.61. The van der Waals surface area contributed by atoms with E-state index in [0.717, 1.165) is 4.31 Å². The number of anilines is 1. The van der Waals surface area contributed by atoms with Crippen molar-refractivity contribution in [2.45, 2.75) is 0 Å². The lowest BCUT2D eigenvalue weighted by Crippen LogP contribution is -2.29. The normalized spacial score (nSPS) is 12.2. The maximum Gasteiger partial charge on any atom is 0.301 e. The number of hydrogen-bond acceptors (Lipinski definition) is 4. The fourth-order valence-corrected chi connectivity index (χ4v) is 1.81. The van der Waals surface area contributed by atoms with Crippen molar-refractivity contribution in [2.24, 2.45) is 0 Å². The molecule has 1 aromatic heterocycles. The van der Waals surface area contributed by atoms with Gasteiger partial charge in [-0.15, -0.1) is 0 Å². The van der Waals surface area contributed by atoms with Crippen LogP contribution in [0.2, 0.25) is 0 Å². The van der Waals surface area contributed by atoms with Crippen molar-refractivity contribution in [1.82, 2.24) is 19.7 Å². The third kappa shape index (κ3) is 1.84. The first-order valence-electron chi connectivity index (χ1n) is 4.50. The van der Waals surface area contributed by atoms with Gasteiger partial charge in [-0.05, 0) is 12.1 Å². The number of benzene rings is 1. The van der Waals surface area contributed by atoms with Gasteiger partial charge in [-0.25, -0.2) is 0 Å². The third-order valence-electron chi connectivity index (χ3n) is 2.07. The minimum atomic E-state index is -3.52. The van der Waals surface area contributed by atoms with E-state index in [-0.39, 0.29) is 0 Å². The number of H-pyrrole nitrogens is 1. The van der Waals surface area contributed by atoms with Gasteiger partial charge in [0, 0.05) is 14.1 Å². The summed E-state index contributed by atoms with van der Waals surface area (Å²) in [5, 5.41) is 10.2. The molecule has 0 fully saturated rings. The Morgan fingerprint density at radius 1 is 1.31 bits per heavy atom. The Morgan fingerprint density at radius 2 is 2.06 bits per heavy atom. The van der Waals surface area contributed by atoms with Crippen molar-refractivity contribution in [3.8, 4) is 0 Å². The summed E-state index contributed by atoms with van der Waals surface area (Å²) in [6.45, 7) is 0. The van der Waals surface area contributed by atoms with E-state index in [4.69, 9.17) is 0 Å². The maximum atomic E-state index is 11.6. The first kappa shape index (κ1) is 10.8. The molecular weight excluding hydrogens is 230 g/mol. The van der Waals surface area contributed by atoms with Crippen LogP contribution in [-0.2, 0) is 10.2 Å². The number of aromatic nitrogens is 3. The molecule has 0 aliphatic heterocycles. The van der Waals surface area contributed by atoms with Crippen LogP contribution in [0.5, 0.6) is 0 Å². The topological polar surface area (TPSA) is 91.0 Å². The number of nitrogens with one attached hydrogen (secondary N) is 2. The molecule has 1 heterocycles. The Morgan fingerprint density at radius 3 is 2.75 bits per heavy atom. The van der Waals surface area contributed by atoms with E-state index in [2.05, 4.69) is 20.1 Å². The quantitative estimate of drug-likeness (QED) is 0.801. The number of hydrogen-bond donors (Lipinski definition) is 2. The molecule has 0 aliphatic rings. The van der Waals surface area contributed by atoms with Gasteiger partial charge in [-0.1, -0.05) is 6.07 Å². The molecule has 0 unspecified atom stereocenters. The van der Waals surface area contributed by atoms with Crippen molar-refractivity contribution in [3.05, 3.63) is 18.2 Å². The summed E-state index contributed by atoms with van der Waals surface area (Å²) in [5.41, 5.74) is 1.51. The van der Waals surface area contributed by atoms with E-state index in [1.54, 1.807) is 18.2 Å². The monoisotopic (exact) mass is 241 g/mol. The molecule has 0 spiro atoms. The fraction of sp³-hybridized carbons (Fsp3) is 0.250. The Hall–Kier alpha value is -1.67.